The average Bonchev–Trinajstić information content (AvgIpc) is 3.64. The molecule has 6 rings (SSSR count). The molecule has 10 nitrogen and oxygen atoms in total. The van der Waals surface area contributed by atoms with Gasteiger partial charge in [-0.25, -0.2) is 28.8 Å². The molecule has 1 saturated heterocycles. The molecule has 0 spiro atoms. The van der Waals surface area contributed by atoms with E-state index in [1.807, 2.05) is 6.07 Å². The lowest BCUT2D eigenvalue weighted by Crippen LogP contribution is -2.21. The lowest BCUT2D eigenvalue weighted by atomic mass is 10.0. The molecular formula is C28H24FN9O. The third-order valence-electron chi connectivity index (χ3n) is 6.86. The van der Waals surface area contributed by atoms with Crippen molar-refractivity contribution in [1.29, 1.82) is 5.26 Å². The third kappa shape index (κ3) is 4.56. The van der Waals surface area contributed by atoms with E-state index < -0.39 is 11.9 Å². The number of aromatic nitrogens is 6. The summed E-state index contributed by atoms with van der Waals surface area (Å²) in [5, 5.41) is 25.4. The van der Waals surface area contributed by atoms with Crippen molar-refractivity contribution in [3.8, 4) is 28.7 Å². The van der Waals surface area contributed by atoms with Crippen molar-refractivity contribution in [1.82, 2.24) is 34.4 Å². The second kappa shape index (κ2) is 10.2. The van der Waals surface area contributed by atoms with Gasteiger partial charge in [-0.15, -0.1) is 5.10 Å². The molecule has 0 amide bonds. The molecule has 0 saturated carbocycles. The van der Waals surface area contributed by atoms with Crippen LogP contribution in [0, 0.1) is 17.1 Å². The molecule has 1 aliphatic heterocycles. The minimum atomic E-state index is -1.44. The summed E-state index contributed by atoms with van der Waals surface area (Å²) in [4.78, 5) is 19.7. The Kier molecular flexibility index (Phi) is 6.40. The average molecular weight is 522 g/mol. The second-order valence-corrected chi connectivity index (χ2v) is 9.39. The van der Waals surface area contributed by atoms with Crippen molar-refractivity contribution in [2.45, 2.75) is 25.5 Å². The number of aliphatic hydroxyl groups excluding tert-OH is 1. The smallest absolute Gasteiger partial charge is 0.199 e. The van der Waals surface area contributed by atoms with Crippen molar-refractivity contribution in [2.24, 2.45) is 0 Å². The van der Waals surface area contributed by atoms with Crippen LogP contribution in [-0.4, -0.2) is 52.6 Å². The lowest BCUT2D eigenvalue weighted by molar-refractivity contribution is 0.201. The Labute approximate surface area is 223 Å². The number of fused-ring (bicyclic) bond motifs is 1. The normalized spacial score (nSPS) is 14.5. The van der Waals surface area contributed by atoms with Gasteiger partial charge in [0.1, 0.15) is 29.6 Å². The lowest BCUT2D eigenvalue weighted by Gasteiger charge is -2.19. The zero-order valence-electron chi connectivity index (χ0n) is 20.9. The predicted molar refractivity (Wildman–Crippen MR) is 141 cm³/mol. The maximum absolute atomic E-state index is 15.2. The molecule has 2 aromatic carbocycles. The Bertz CT molecular complexity index is 1710. The molecule has 1 aliphatic rings. The van der Waals surface area contributed by atoms with E-state index in [4.69, 9.17) is 5.73 Å². The molecule has 1 atom stereocenters. The van der Waals surface area contributed by atoms with Gasteiger partial charge in [-0.3, -0.25) is 4.90 Å². The predicted octanol–water partition coefficient (Wildman–Crippen LogP) is 3.52. The number of nitrogens with zero attached hydrogens (tertiary/aromatic N) is 8. The van der Waals surface area contributed by atoms with Crippen LogP contribution in [0.15, 0.2) is 61.1 Å². The first kappa shape index (κ1) is 24.5. The fourth-order valence-electron chi connectivity index (χ4n) is 5.02. The van der Waals surface area contributed by atoms with E-state index in [1.165, 1.54) is 16.9 Å². The fraction of sp³-hybridized carbons (Fsp3) is 0.214. The highest BCUT2D eigenvalue weighted by atomic mass is 19.1. The van der Waals surface area contributed by atoms with Crippen LogP contribution in [-0.2, 0) is 6.54 Å². The Balaban J connectivity index is 1.53. The van der Waals surface area contributed by atoms with Crippen molar-refractivity contribution >= 4 is 11.5 Å². The Hall–Kier alpha value is -4.79. The summed E-state index contributed by atoms with van der Waals surface area (Å²) in [5.74, 6) is -0.495. The van der Waals surface area contributed by atoms with E-state index in [1.54, 1.807) is 42.6 Å². The van der Waals surface area contributed by atoms with Gasteiger partial charge in [0.05, 0.1) is 17.3 Å². The van der Waals surface area contributed by atoms with Crippen LogP contribution in [0.4, 0.5) is 10.2 Å². The number of likely N-dealkylation sites (tertiary alicyclic amines) is 1. The molecule has 1 fully saturated rings. The van der Waals surface area contributed by atoms with Gasteiger partial charge in [-0.2, -0.15) is 5.26 Å². The molecule has 0 bridgehead atoms. The highest BCUT2D eigenvalue weighted by Crippen LogP contribution is 2.34. The van der Waals surface area contributed by atoms with Crippen LogP contribution in [0.2, 0.25) is 0 Å². The first-order valence-electron chi connectivity index (χ1n) is 12.5. The number of rotatable bonds is 6. The molecule has 5 aromatic rings. The van der Waals surface area contributed by atoms with Crippen molar-refractivity contribution in [3.63, 3.8) is 0 Å². The topological polar surface area (TPSA) is 142 Å². The summed E-state index contributed by atoms with van der Waals surface area (Å²) in [5.41, 5.74) is 9.75. The van der Waals surface area contributed by atoms with Crippen LogP contribution in [0.1, 0.15) is 41.5 Å². The standard InChI is InChI=1S/C28H24FN9O/c29-20-8-4-7-19(15-37-11-1-2-12-37)22(20)25(39)27-35-28-26(31)34-23(18-6-3-5-17(13-18)14-30)24(38(28)36-27)21-9-10-32-16-33-21/h3-10,13,16,25,39H,1-2,11-12,15H2,(H2,31,34). The minimum Gasteiger partial charge on any atom is -0.381 e. The molecule has 3 aromatic heterocycles. The van der Waals surface area contributed by atoms with Crippen LogP contribution in [0.3, 0.4) is 0 Å². The van der Waals surface area contributed by atoms with Gasteiger partial charge in [0.15, 0.2) is 17.3 Å². The number of anilines is 1. The van der Waals surface area contributed by atoms with Crippen molar-refractivity contribution in [3.05, 3.63) is 89.4 Å². The van der Waals surface area contributed by atoms with Gasteiger partial charge in [-0.05, 0) is 55.8 Å². The van der Waals surface area contributed by atoms with E-state index in [0.717, 1.165) is 25.9 Å². The molecule has 4 heterocycles. The van der Waals surface area contributed by atoms with Gasteiger partial charge in [-0.1, -0.05) is 24.3 Å². The number of halogens is 1. The number of nitrogens with two attached hydrogens (primary N) is 1. The number of hydrogen-bond donors (Lipinski definition) is 2. The summed E-state index contributed by atoms with van der Waals surface area (Å²) >= 11 is 0. The van der Waals surface area contributed by atoms with E-state index in [0.29, 0.717) is 40.3 Å². The van der Waals surface area contributed by atoms with Gasteiger partial charge >= 0.3 is 0 Å². The molecular weight excluding hydrogens is 497 g/mol. The molecule has 1 unspecified atom stereocenters. The van der Waals surface area contributed by atoms with Crippen LogP contribution in [0.25, 0.3) is 28.3 Å². The quantitative estimate of drug-likeness (QED) is 0.343. The zero-order valence-corrected chi connectivity index (χ0v) is 20.9. The van der Waals surface area contributed by atoms with Gasteiger partial charge < -0.3 is 10.8 Å². The monoisotopic (exact) mass is 521 g/mol. The molecule has 0 radical (unpaired) electrons. The van der Waals surface area contributed by atoms with Crippen LogP contribution >= 0.6 is 0 Å². The molecule has 194 valence electrons. The highest BCUT2D eigenvalue weighted by molar-refractivity contribution is 5.81. The Morgan fingerprint density at radius 3 is 2.69 bits per heavy atom. The number of benzene rings is 2. The summed E-state index contributed by atoms with van der Waals surface area (Å²) in [6, 6.07) is 15.5. The van der Waals surface area contributed by atoms with Gasteiger partial charge in [0.2, 0.25) is 0 Å². The number of nitriles is 1. The molecule has 0 aliphatic carbocycles. The Morgan fingerprint density at radius 1 is 1.10 bits per heavy atom. The highest BCUT2D eigenvalue weighted by Gasteiger charge is 2.27. The first-order chi connectivity index (χ1) is 19.0. The SMILES string of the molecule is N#Cc1cccc(-c2nc(N)c3nc(C(O)c4c(F)cccc4CN4CCCC4)nn3c2-c2ccncn2)c1. The molecule has 11 heteroatoms. The number of nitrogen functional groups attached to an aromatic ring is 1. The maximum atomic E-state index is 15.2. The largest absolute Gasteiger partial charge is 0.381 e. The number of aliphatic hydroxyl groups is 1. The fourth-order valence-corrected chi connectivity index (χ4v) is 5.02. The summed E-state index contributed by atoms with van der Waals surface area (Å²) in [7, 11) is 0. The molecule has 3 N–H and O–H groups in total. The third-order valence-corrected chi connectivity index (χ3v) is 6.86. The van der Waals surface area contributed by atoms with Gasteiger partial charge in [0.25, 0.3) is 0 Å². The number of hydrogen-bond acceptors (Lipinski definition) is 9. The van der Waals surface area contributed by atoms with E-state index >= 15 is 4.39 Å². The maximum Gasteiger partial charge on any atom is 0.199 e. The minimum absolute atomic E-state index is 0.0190. The molecule has 39 heavy (non-hydrogen) atoms. The van der Waals surface area contributed by atoms with E-state index in [-0.39, 0.29) is 22.9 Å². The van der Waals surface area contributed by atoms with Crippen LogP contribution in [0.5, 0.6) is 0 Å². The second-order valence-electron chi connectivity index (χ2n) is 9.39. The zero-order chi connectivity index (χ0) is 26.9. The Morgan fingerprint density at radius 2 is 1.92 bits per heavy atom. The summed E-state index contributed by atoms with van der Waals surface area (Å²) in [6.07, 6.45) is 3.73. The summed E-state index contributed by atoms with van der Waals surface area (Å²) < 4.78 is 16.6. The first-order valence-corrected chi connectivity index (χ1v) is 12.5. The van der Waals surface area contributed by atoms with Crippen molar-refractivity contribution in [2.75, 3.05) is 18.8 Å². The van der Waals surface area contributed by atoms with E-state index in [2.05, 4.69) is 36.0 Å². The van der Waals surface area contributed by atoms with Gasteiger partial charge in [0, 0.05) is 23.9 Å². The van der Waals surface area contributed by atoms with E-state index in [9.17, 15) is 10.4 Å². The van der Waals surface area contributed by atoms with Crippen molar-refractivity contribution < 1.29 is 9.50 Å². The van der Waals surface area contributed by atoms with Crippen LogP contribution < -0.4 is 5.73 Å². The summed E-state index contributed by atoms with van der Waals surface area (Å²) in [6.45, 7) is 2.38.